The van der Waals surface area contributed by atoms with Crippen LogP contribution in [-0.2, 0) is 4.79 Å². The fraction of sp³-hybridized carbons (Fsp3) is 0.211. The topological polar surface area (TPSA) is 82.6 Å². The molecule has 8 heteroatoms. The standard InChI is InChI=1S/C19H18ClFN4O2/c1-11-7-8-12(9-14(11)21)22-18(27)23-15-6-4-3-5-13(15)16-10-19(2,20)17(26)25-24-16/h3-9H,10H2,1-2H3,(H,25,26)(H2,22,23,27). The SMILES string of the molecule is Cc1ccc(NC(=O)Nc2ccccc2C2=NNC(=O)C(C)(Cl)C2)cc1F. The van der Waals surface area contributed by atoms with Gasteiger partial charge < -0.3 is 10.6 Å². The Balaban J connectivity index is 1.79. The summed E-state index contributed by atoms with van der Waals surface area (Å²) in [4.78, 5) is 22.9. The largest absolute Gasteiger partial charge is 0.323 e. The Hall–Kier alpha value is -2.93. The van der Waals surface area contributed by atoms with Crippen molar-refractivity contribution in [3.63, 3.8) is 0 Å². The minimum absolute atomic E-state index is 0.212. The van der Waals surface area contributed by atoms with Crippen molar-refractivity contribution in [2.24, 2.45) is 5.10 Å². The number of benzene rings is 2. The fourth-order valence-corrected chi connectivity index (χ4v) is 2.79. The third kappa shape index (κ3) is 4.25. The van der Waals surface area contributed by atoms with E-state index in [1.54, 1.807) is 50.2 Å². The third-order valence-corrected chi connectivity index (χ3v) is 4.49. The predicted octanol–water partition coefficient (Wildman–Crippen LogP) is 4.00. The van der Waals surface area contributed by atoms with E-state index in [2.05, 4.69) is 21.2 Å². The molecule has 3 rings (SSSR count). The Kier molecular flexibility index (Phi) is 5.14. The van der Waals surface area contributed by atoms with Crippen molar-refractivity contribution in [3.8, 4) is 0 Å². The normalized spacial score (nSPS) is 19.1. The summed E-state index contributed by atoms with van der Waals surface area (Å²) in [6.07, 6.45) is 0.212. The number of hydrogen-bond donors (Lipinski definition) is 3. The van der Waals surface area contributed by atoms with Crippen molar-refractivity contribution in [2.75, 3.05) is 10.6 Å². The van der Waals surface area contributed by atoms with Gasteiger partial charge >= 0.3 is 6.03 Å². The van der Waals surface area contributed by atoms with E-state index < -0.39 is 16.7 Å². The lowest BCUT2D eigenvalue weighted by atomic mass is 9.95. The molecule has 1 atom stereocenters. The van der Waals surface area contributed by atoms with Gasteiger partial charge in [0.15, 0.2) is 0 Å². The molecule has 140 valence electrons. The van der Waals surface area contributed by atoms with Crippen LogP contribution >= 0.6 is 11.6 Å². The van der Waals surface area contributed by atoms with Gasteiger partial charge in [0.25, 0.3) is 5.91 Å². The second kappa shape index (κ2) is 7.36. The van der Waals surface area contributed by atoms with Crippen LogP contribution in [-0.4, -0.2) is 22.5 Å². The summed E-state index contributed by atoms with van der Waals surface area (Å²) >= 11 is 6.23. The predicted molar refractivity (Wildman–Crippen MR) is 104 cm³/mol. The highest BCUT2D eigenvalue weighted by Gasteiger charge is 2.36. The van der Waals surface area contributed by atoms with Crippen LogP contribution in [0, 0.1) is 12.7 Å². The fourth-order valence-electron chi connectivity index (χ4n) is 2.62. The Morgan fingerprint density at radius 1 is 1.26 bits per heavy atom. The smallest absolute Gasteiger partial charge is 0.308 e. The summed E-state index contributed by atoms with van der Waals surface area (Å²) in [5, 5.41) is 9.37. The van der Waals surface area contributed by atoms with E-state index in [1.807, 2.05) is 0 Å². The molecular weight excluding hydrogens is 371 g/mol. The van der Waals surface area contributed by atoms with Gasteiger partial charge in [0, 0.05) is 17.7 Å². The molecule has 3 N–H and O–H groups in total. The van der Waals surface area contributed by atoms with E-state index in [-0.39, 0.29) is 12.3 Å². The van der Waals surface area contributed by atoms with E-state index in [9.17, 15) is 14.0 Å². The highest BCUT2D eigenvalue weighted by Crippen LogP contribution is 2.28. The van der Waals surface area contributed by atoms with Crippen molar-refractivity contribution in [1.29, 1.82) is 0 Å². The van der Waals surface area contributed by atoms with E-state index >= 15 is 0 Å². The van der Waals surface area contributed by atoms with Crippen LogP contribution in [0.5, 0.6) is 0 Å². The second-order valence-electron chi connectivity index (χ2n) is 6.46. The third-order valence-electron chi connectivity index (χ3n) is 4.18. The van der Waals surface area contributed by atoms with Crippen molar-refractivity contribution < 1.29 is 14.0 Å². The van der Waals surface area contributed by atoms with Gasteiger partial charge in [-0.1, -0.05) is 24.3 Å². The Labute approximate surface area is 160 Å². The molecule has 0 saturated carbocycles. The van der Waals surface area contributed by atoms with Gasteiger partial charge in [0.1, 0.15) is 10.7 Å². The highest BCUT2D eigenvalue weighted by molar-refractivity contribution is 6.37. The first-order chi connectivity index (χ1) is 12.8. The van der Waals surface area contributed by atoms with Crippen molar-refractivity contribution in [3.05, 3.63) is 59.4 Å². The number of urea groups is 1. The monoisotopic (exact) mass is 388 g/mol. The number of nitrogens with one attached hydrogen (secondary N) is 3. The Bertz CT molecular complexity index is 943. The number of para-hydroxylation sites is 1. The highest BCUT2D eigenvalue weighted by atomic mass is 35.5. The van der Waals surface area contributed by atoms with Crippen LogP contribution in [0.4, 0.5) is 20.6 Å². The maximum absolute atomic E-state index is 13.6. The number of alkyl halides is 1. The molecule has 1 unspecified atom stereocenters. The van der Waals surface area contributed by atoms with E-state index in [0.717, 1.165) is 0 Å². The zero-order valence-corrected chi connectivity index (χ0v) is 15.5. The molecule has 0 aliphatic carbocycles. The van der Waals surface area contributed by atoms with Crippen LogP contribution in [0.15, 0.2) is 47.6 Å². The van der Waals surface area contributed by atoms with Crippen molar-refractivity contribution >= 4 is 40.6 Å². The summed E-state index contributed by atoms with van der Waals surface area (Å²) < 4.78 is 13.6. The number of amides is 3. The molecule has 0 radical (unpaired) electrons. The number of carbonyl (C=O) groups is 2. The maximum atomic E-state index is 13.6. The van der Waals surface area contributed by atoms with Crippen LogP contribution in [0.3, 0.4) is 0 Å². The molecule has 1 aliphatic heterocycles. The van der Waals surface area contributed by atoms with Gasteiger partial charge in [-0.3, -0.25) is 4.79 Å². The second-order valence-corrected chi connectivity index (χ2v) is 7.30. The van der Waals surface area contributed by atoms with Gasteiger partial charge in [0.05, 0.1) is 11.4 Å². The number of anilines is 2. The van der Waals surface area contributed by atoms with Gasteiger partial charge in [0.2, 0.25) is 0 Å². The first-order valence-corrected chi connectivity index (χ1v) is 8.63. The Morgan fingerprint density at radius 2 is 2.00 bits per heavy atom. The zero-order valence-electron chi connectivity index (χ0n) is 14.8. The lowest BCUT2D eigenvalue weighted by Crippen LogP contribution is -2.44. The zero-order chi connectivity index (χ0) is 19.6. The summed E-state index contributed by atoms with van der Waals surface area (Å²) in [6.45, 7) is 3.25. The average molecular weight is 389 g/mol. The van der Waals surface area contributed by atoms with Crippen LogP contribution in [0.1, 0.15) is 24.5 Å². The number of halogens is 2. The summed E-state index contributed by atoms with van der Waals surface area (Å²) in [5.41, 5.74) is 4.90. The molecule has 0 bridgehead atoms. The van der Waals surface area contributed by atoms with Crippen molar-refractivity contribution in [2.45, 2.75) is 25.1 Å². The molecule has 0 spiro atoms. The van der Waals surface area contributed by atoms with Crippen LogP contribution < -0.4 is 16.1 Å². The maximum Gasteiger partial charge on any atom is 0.323 e. The number of hydrazone groups is 1. The summed E-state index contributed by atoms with van der Waals surface area (Å²) in [5.74, 6) is -0.778. The van der Waals surface area contributed by atoms with Gasteiger partial charge in [-0.25, -0.2) is 14.6 Å². The molecule has 0 saturated heterocycles. The quantitative estimate of drug-likeness (QED) is 0.694. The molecule has 27 heavy (non-hydrogen) atoms. The summed E-state index contributed by atoms with van der Waals surface area (Å²) in [7, 11) is 0. The minimum atomic E-state index is -1.12. The Morgan fingerprint density at radius 3 is 2.70 bits per heavy atom. The molecule has 0 fully saturated rings. The molecule has 1 aliphatic rings. The van der Waals surface area contributed by atoms with Crippen molar-refractivity contribution in [1.82, 2.24) is 5.43 Å². The molecule has 0 aromatic heterocycles. The lowest BCUT2D eigenvalue weighted by Gasteiger charge is -2.26. The molecule has 1 heterocycles. The number of rotatable bonds is 3. The first-order valence-electron chi connectivity index (χ1n) is 8.26. The number of carbonyl (C=O) groups excluding carboxylic acids is 2. The lowest BCUT2D eigenvalue weighted by molar-refractivity contribution is -0.123. The van der Waals surface area contributed by atoms with Gasteiger partial charge in [-0.2, -0.15) is 5.10 Å². The summed E-state index contributed by atoms with van der Waals surface area (Å²) in [6, 6.07) is 10.9. The van der Waals surface area contributed by atoms with Crippen LogP contribution in [0.25, 0.3) is 0 Å². The van der Waals surface area contributed by atoms with Gasteiger partial charge in [-0.05, 0) is 37.6 Å². The van der Waals surface area contributed by atoms with Gasteiger partial charge in [-0.15, -0.1) is 11.6 Å². The molecule has 3 amide bonds. The number of aryl methyl sites for hydroxylation is 1. The van der Waals surface area contributed by atoms with E-state index in [1.165, 1.54) is 6.07 Å². The molecular formula is C19H18ClFN4O2. The van der Waals surface area contributed by atoms with E-state index in [4.69, 9.17) is 11.6 Å². The van der Waals surface area contributed by atoms with E-state index in [0.29, 0.717) is 28.2 Å². The first kappa shape index (κ1) is 18.8. The minimum Gasteiger partial charge on any atom is -0.308 e. The number of nitrogens with zero attached hydrogens (tertiary/aromatic N) is 1. The number of hydrogen-bond acceptors (Lipinski definition) is 3. The molecule has 6 nitrogen and oxygen atoms in total. The molecule has 2 aromatic carbocycles. The van der Waals surface area contributed by atoms with Crippen LogP contribution in [0.2, 0.25) is 0 Å². The molecule has 2 aromatic rings. The average Bonchev–Trinajstić information content (AvgIpc) is 2.61.